The summed E-state index contributed by atoms with van der Waals surface area (Å²) < 4.78 is 7.52. The number of benzene rings is 1. The number of hydrogen-bond acceptors (Lipinski definition) is 5. The molecule has 0 atom stereocenters. The van der Waals surface area contributed by atoms with Crippen molar-refractivity contribution >= 4 is 28.5 Å². The molecule has 26 heavy (non-hydrogen) atoms. The largest absolute Gasteiger partial charge is 0.378 e. The molecule has 1 aromatic carbocycles. The molecule has 0 spiro atoms. The Morgan fingerprint density at radius 1 is 1.12 bits per heavy atom. The monoisotopic (exact) mass is 369 g/mol. The minimum Gasteiger partial charge on any atom is -0.378 e. The number of anilines is 1. The van der Waals surface area contributed by atoms with Crippen LogP contribution in [0, 0.1) is 5.92 Å². The van der Waals surface area contributed by atoms with Crippen LogP contribution in [0.4, 0.5) is 5.95 Å². The van der Waals surface area contributed by atoms with Crippen molar-refractivity contribution in [2.75, 3.05) is 31.2 Å². The van der Waals surface area contributed by atoms with Crippen molar-refractivity contribution in [3.8, 4) is 11.3 Å². The Morgan fingerprint density at radius 3 is 2.77 bits per heavy atom. The van der Waals surface area contributed by atoms with Crippen LogP contribution in [-0.4, -0.2) is 46.1 Å². The second-order valence-corrected chi connectivity index (χ2v) is 7.41. The van der Waals surface area contributed by atoms with E-state index in [-0.39, 0.29) is 0 Å². The number of halogens is 1. The molecule has 134 valence electrons. The number of nitrogens with zero attached hydrogens (tertiary/aromatic N) is 5. The van der Waals surface area contributed by atoms with Gasteiger partial charge >= 0.3 is 0 Å². The maximum absolute atomic E-state index is 6.28. The average molecular weight is 370 g/mol. The molecule has 2 aliphatic rings. The van der Waals surface area contributed by atoms with Crippen LogP contribution in [-0.2, 0) is 11.3 Å². The predicted octanol–water partition coefficient (Wildman–Crippen LogP) is 3.39. The standard InChI is InChI=1S/C19H20ClN5O/c20-18-10-16(22-19(23-18)24-5-7-26-8-6-24)14-3-4-17-15(9-14)11-21-25(17)12-13-1-2-13/h3-4,9-11,13H,1-2,5-8,12H2. The van der Waals surface area contributed by atoms with E-state index >= 15 is 0 Å². The molecule has 1 aliphatic carbocycles. The second kappa shape index (κ2) is 6.52. The molecule has 3 heterocycles. The van der Waals surface area contributed by atoms with Crippen LogP contribution in [0.3, 0.4) is 0 Å². The van der Waals surface area contributed by atoms with Gasteiger partial charge in [0.25, 0.3) is 0 Å². The number of ether oxygens (including phenoxy) is 1. The lowest BCUT2D eigenvalue weighted by Crippen LogP contribution is -2.37. The van der Waals surface area contributed by atoms with Gasteiger partial charge in [-0.25, -0.2) is 9.97 Å². The summed E-state index contributed by atoms with van der Waals surface area (Å²) in [6.07, 6.45) is 4.58. The van der Waals surface area contributed by atoms with Crippen molar-refractivity contribution in [2.45, 2.75) is 19.4 Å². The van der Waals surface area contributed by atoms with Crippen LogP contribution in [0.5, 0.6) is 0 Å². The van der Waals surface area contributed by atoms with Crippen molar-refractivity contribution < 1.29 is 4.74 Å². The van der Waals surface area contributed by atoms with Gasteiger partial charge in [0.15, 0.2) is 0 Å². The van der Waals surface area contributed by atoms with Gasteiger partial charge in [0.1, 0.15) is 5.15 Å². The molecule has 1 saturated heterocycles. The van der Waals surface area contributed by atoms with Crippen molar-refractivity contribution in [1.82, 2.24) is 19.7 Å². The summed E-state index contributed by atoms with van der Waals surface area (Å²) in [5, 5.41) is 6.14. The Balaban J connectivity index is 1.49. The van der Waals surface area contributed by atoms with Crippen LogP contribution in [0.25, 0.3) is 22.2 Å². The van der Waals surface area contributed by atoms with Gasteiger partial charge in [-0.3, -0.25) is 4.68 Å². The third kappa shape index (κ3) is 3.15. The topological polar surface area (TPSA) is 56.1 Å². The average Bonchev–Trinajstić information content (AvgIpc) is 3.41. The minimum atomic E-state index is 0.459. The third-order valence-electron chi connectivity index (χ3n) is 5.04. The summed E-state index contributed by atoms with van der Waals surface area (Å²) >= 11 is 6.28. The van der Waals surface area contributed by atoms with Crippen molar-refractivity contribution in [3.05, 3.63) is 35.6 Å². The lowest BCUT2D eigenvalue weighted by Gasteiger charge is -2.27. The van der Waals surface area contributed by atoms with E-state index in [2.05, 4.69) is 37.9 Å². The van der Waals surface area contributed by atoms with Gasteiger partial charge < -0.3 is 9.64 Å². The normalized spacial score (nSPS) is 17.8. The van der Waals surface area contributed by atoms with E-state index in [1.54, 1.807) is 0 Å². The van der Waals surface area contributed by atoms with Gasteiger partial charge in [-0.1, -0.05) is 17.7 Å². The van der Waals surface area contributed by atoms with Crippen LogP contribution < -0.4 is 4.90 Å². The molecule has 2 fully saturated rings. The Kier molecular flexibility index (Phi) is 4.02. The highest BCUT2D eigenvalue weighted by atomic mass is 35.5. The molecular formula is C19H20ClN5O. The lowest BCUT2D eigenvalue weighted by molar-refractivity contribution is 0.122. The van der Waals surface area contributed by atoms with E-state index in [1.807, 2.05) is 12.3 Å². The number of aromatic nitrogens is 4. The molecule has 0 unspecified atom stereocenters. The molecule has 1 saturated carbocycles. The van der Waals surface area contributed by atoms with E-state index in [1.165, 1.54) is 18.4 Å². The first-order chi connectivity index (χ1) is 12.8. The maximum atomic E-state index is 6.28. The summed E-state index contributed by atoms with van der Waals surface area (Å²) in [6, 6.07) is 8.18. The quantitative estimate of drug-likeness (QED) is 0.660. The molecule has 1 aliphatic heterocycles. The first-order valence-electron chi connectivity index (χ1n) is 9.09. The van der Waals surface area contributed by atoms with Crippen LogP contribution >= 0.6 is 11.6 Å². The first kappa shape index (κ1) is 16.0. The molecular weight excluding hydrogens is 350 g/mol. The second-order valence-electron chi connectivity index (χ2n) is 7.02. The molecule has 0 N–H and O–H groups in total. The molecule has 0 amide bonds. The predicted molar refractivity (Wildman–Crippen MR) is 102 cm³/mol. The van der Waals surface area contributed by atoms with E-state index in [0.717, 1.165) is 42.2 Å². The fourth-order valence-electron chi connectivity index (χ4n) is 3.40. The van der Waals surface area contributed by atoms with Crippen LogP contribution in [0.2, 0.25) is 5.15 Å². The Labute approximate surface area is 156 Å². The van der Waals surface area contributed by atoms with Gasteiger partial charge in [-0.05, 0) is 30.9 Å². The molecule has 3 aromatic rings. The number of fused-ring (bicyclic) bond motifs is 1. The van der Waals surface area contributed by atoms with E-state index in [4.69, 9.17) is 21.3 Å². The zero-order valence-electron chi connectivity index (χ0n) is 14.4. The number of morpholine rings is 1. The summed E-state index contributed by atoms with van der Waals surface area (Å²) in [7, 11) is 0. The third-order valence-corrected chi connectivity index (χ3v) is 5.24. The van der Waals surface area contributed by atoms with Gasteiger partial charge in [0.2, 0.25) is 5.95 Å². The molecule has 7 heteroatoms. The SMILES string of the molecule is Clc1cc(-c2ccc3c(cnn3CC3CC3)c2)nc(N2CCOCC2)n1. The fraction of sp³-hybridized carbons (Fsp3) is 0.421. The molecule has 6 nitrogen and oxygen atoms in total. The Bertz CT molecular complexity index is 946. The Morgan fingerprint density at radius 2 is 1.96 bits per heavy atom. The van der Waals surface area contributed by atoms with Crippen molar-refractivity contribution in [1.29, 1.82) is 0 Å². The maximum Gasteiger partial charge on any atom is 0.227 e. The van der Waals surface area contributed by atoms with Gasteiger partial charge in [-0.2, -0.15) is 5.10 Å². The van der Waals surface area contributed by atoms with Gasteiger partial charge in [0, 0.05) is 36.7 Å². The van der Waals surface area contributed by atoms with Crippen LogP contribution in [0.15, 0.2) is 30.5 Å². The Hall–Kier alpha value is -2.18. The summed E-state index contributed by atoms with van der Waals surface area (Å²) in [6.45, 7) is 3.97. The molecule has 5 rings (SSSR count). The minimum absolute atomic E-state index is 0.459. The first-order valence-corrected chi connectivity index (χ1v) is 9.47. The molecule has 0 radical (unpaired) electrons. The summed E-state index contributed by atoms with van der Waals surface area (Å²) in [4.78, 5) is 11.3. The van der Waals surface area contributed by atoms with E-state index < -0.39 is 0 Å². The lowest BCUT2D eigenvalue weighted by atomic mass is 10.1. The highest BCUT2D eigenvalue weighted by molar-refractivity contribution is 6.29. The zero-order valence-corrected chi connectivity index (χ0v) is 15.2. The summed E-state index contributed by atoms with van der Waals surface area (Å²) in [5.41, 5.74) is 3.04. The van der Waals surface area contributed by atoms with Crippen molar-refractivity contribution in [3.63, 3.8) is 0 Å². The highest BCUT2D eigenvalue weighted by Gasteiger charge is 2.23. The smallest absolute Gasteiger partial charge is 0.227 e. The molecule has 0 bridgehead atoms. The summed E-state index contributed by atoms with van der Waals surface area (Å²) in [5.74, 6) is 1.47. The number of hydrogen-bond donors (Lipinski definition) is 0. The highest BCUT2D eigenvalue weighted by Crippen LogP contribution is 2.32. The van der Waals surface area contributed by atoms with Crippen LogP contribution in [0.1, 0.15) is 12.8 Å². The van der Waals surface area contributed by atoms with Gasteiger partial charge in [-0.15, -0.1) is 0 Å². The number of rotatable bonds is 4. The van der Waals surface area contributed by atoms with Crippen molar-refractivity contribution in [2.24, 2.45) is 5.92 Å². The van der Waals surface area contributed by atoms with Gasteiger partial charge in [0.05, 0.1) is 30.6 Å². The zero-order chi connectivity index (χ0) is 17.5. The van der Waals surface area contributed by atoms with E-state index in [0.29, 0.717) is 24.3 Å². The van der Waals surface area contributed by atoms with E-state index in [9.17, 15) is 0 Å². The molecule has 2 aromatic heterocycles. The fourth-order valence-corrected chi connectivity index (χ4v) is 3.57.